The van der Waals surface area contributed by atoms with Gasteiger partial charge in [-0.3, -0.25) is 9.69 Å². The lowest BCUT2D eigenvalue weighted by Gasteiger charge is -2.57. The van der Waals surface area contributed by atoms with Gasteiger partial charge in [-0.15, -0.1) is 0 Å². The fourth-order valence-electron chi connectivity index (χ4n) is 5.90. The summed E-state index contributed by atoms with van der Waals surface area (Å²) < 4.78 is 14.1. The molecule has 1 amide bonds. The van der Waals surface area contributed by atoms with Gasteiger partial charge in [-0.1, -0.05) is 17.7 Å². The monoisotopic (exact) mass is 378 g/mol. The zero-order chi connectivity index (χ0) is 18.5. The molecular weight excluding hydrogens is 351 g/mol. The Bertz CT molecular complexity index is 652. The van der Waals surface area contributed by atoms with Gasteiger partial charge >= 0.3 is 0 Å². The molecule has 4 fully saturated rings. The molecule has 1 N–H and O–H groups in total. The minimum Gasteiger partial charge on any atom is -0.349 e. The van der Waals surface area contributed by atoms with E-state index in [-0.39, 0.29) is 23.3 Å². The van der Waals surface area contributed by atoms with Crippen LogP contribution in [0.1, 0.15) is 51.0 Å². The summed E-state index contributed by atoms with van der Waals surface area (Å²) in [4.78, 5) is 14.8. The Kier molecular flexibility index (Phi) is 4.77. The van der Waals surface area contributed by atoms with Crippen LogP contribution in [0, 0.1) is 23.6 Å². The summed E-state index contributed by atoms with van der Waals surface area (Å²) in [7, 11) is 1.85. The van der Waals surface area contributed by atoms with Crippen LogP contribution >= 0.6 is 11.6 Å². The second-order valence-electron chi connectivity index (χ2n) is 8.98. The van der Waals surface area contributed by atoms with Crippen LogP contribution in [0.5, 0.6) is 0 Å². The van der Waals surface area contributed by atoms with Crippen molar-refractivity contribution in [3.05, 3.63) is 34.6 Å². The minimum absolute atomic E-state index is 0.0105. The van der Waals surface area contributed by atoms with E-state index in [0.717, 1.165) is 37.0 Å². The normalized spacial score (nSPS) is 33.5. The van der Waals surface area contributed by atoms with Crippen molar-refractivity contribution in [1.29, 1.82) is 0 Å². The molecule has 5 rings (SSSR count). The maximum atomic E-state index is 14.1. The van der Waals surface area contributed by atoms with E-state index in [1.54, 1.807) is 12.1 Å². The second kappa shape index (κ2) is 6.79. The number of hydrogen-bond acceptors (Lipinski definition) is 2. The fraction of sp³-hybridized carbons (Fsp3) is 0.667. The largest absolute Gasteiger partial charge is 0.349 e. The lowest BCUT2D eigenvalue weighted by Crippen LogP contribution is -2.62. The van der Waals surface area contributed by atoms with Crippen molar-refractivity contribution in [3.63, 3.8) is 0 Å². The molecule has 142 valence electrons. The quantitative estimate of drug-likeness (QED) is 0.824. The van der Waals surface area contributed by atoms with Crippen molar-refractivity contribution in [1.82, 2.24) is 10.2 Å². The molecular formula is C21H28ClFN2O. The summed E-state index contributed by atoms with van der Waals surface area (Å²) in [5.41, 5.74) is 0.461. The van der Waals surface area contributed by atoms with Crippen molar-refractivity contribution < 1.29 is 9.18 Å². The number of benzene rings is 1. The van der Waals surface area contributed by atoms with E-state index < -0.39 is 0 Å². The summed E-state index contributed by atoms with van der Waals surface area (Å²) in [5, 5.41) is 3.82. The Morgan fingerprint density at radius 3 is 2.38 bits per heavy atom. The van der Waals surface area contributed by atoms with Crippen LogP contribution in [0.2, 0.25) is 5.02 Å². The van der Waals surface area contributed by atoms with Gasteiger partial charge in [0.05, 0.1) is 6.04 Å². The van der Waals surface area contributed by atoms with Crippen molar-refractivity contribution in [3.8, 4) is 0 Å². The molecule has 0 saturated heterocycles. The molecule has 0 unspecified atom stereocenters. The van der Waals surface area contributed by atoms with Gasteiger partial charge in [-0.2, -0.15) is 0 Å². The van der Waals surface area contributed by atoms with Crippen LogP contribution in [-0.4, -0.2) is 29.4 Å². The van der Waals surface area contributed by atoms with E-state index in [0.29, 0.717) is 17.1 Å². The van der Waals surface area contributed by atoms with Gasteiger partial charge in [0.15, 0.2) is 0 Å². The molecule has 0 aliphatic heterocycles. The van der Waals surface area contributed by atoms with Gasteiger partial charge in [0.2, 0.25) is 5.91 Å². The maximum Gasteiger partial charge on any atom is 0.237 e. The Morgan fingerprint density at radius 2 is 1.85 bits per heavy atom. The first-order valence-corrected chi connectivity index (χ1v) is 10.2. The third kappa shape index (κ3) is 3.38. The molecule has 5 heteroatoms. The van der Waals surface area contributed by atoms with Crippen molar-refractivity contribution in [2.24, 2.45) is 17.8 Å². The number of amides is 1. The number of carbonyl (C=O) groups excluding carboxylic acids is 1. The number of nitrogens with zero attached hydrogens (tertiary/aromatic N) is 1. The second-order valence-corrected chi connectivity index (χ2v) is 9.39. The van der Waals surface area contributed by atoms with E-state index in [2.05, 4.69) is 5.32 Å². The molecule has 0 radical (unpaired) electrons. The van der Waals surface area contributed by atoms with Gasteiger partial charge in [0.25, 0.3) is 0 Å². The molecule has 1 aromatic rings. The molecule has 4 saturated carbocycles. The summed E-state index contributed by atoms with van der Waals surface area (Å²) in [6.07, 6.45) is 7.49. The Balaban J connectivity index is 1.41. The van der Waals surface area contributed by atoms with E-state index in [1.165, 1.54) is 25.3 Å². The summed E-state index contributed by atoms with van der Waals surface area (Å²) >= 11 is 6.14. The molecule has 3 nitrogen and oxygen atoms in total. The highest BCUT2D eigenvalue weighted by Crippen LogP contribution is 2.55. The first-order chi connectivity index (χ1) is 12.3. The highest BCUT2D eigenvalue weighted by atomic mass is 35.5. The predicted molar refractivity (Wildman–Crippen MR) is 101 cm³/mol. The van der Waals surface area contributed by atoms with Gasteiger partial charge < -0.3 is 5.32 Å². The third-order valence-corrected chi connectivity index (χ3v) is 7.29. The van der Waals surface area contributed by atoms with Crippen LogP contribution in [0.4, 0.5) is 4.39 Å². The molecule has 1 aromatic carbocycles. The maximum absolute atomic E-state index is 14.1. The molecule has 0 spiro atoms. The van der Waals surface area contributed by atoms with Crippen molar-refractivity contribution >= 4 is 17.5 Å². The molecule has 0 aromatic heterocycles. The summed E-state index contributed by atoms with van der Waals surface area (Å²) in [5.74, 6) is 2.13. The number of likely N-dealkylation sites (N-methyl/N-ethyl adjacent to an activating group) is 1. The zero-order valence-corrected chi connectivity index (χ0v) is 16.4. The van der Waals surface area contributed by atoms with Crippen molar-refractivity contribution in [2.75, 3.05) is 7.05 Å². The molecule has 4 aliphatic rings. The van der Waals surface area contributed by atoms with Crippen LogP contribution in [0.15, 0.2) is 18.2 Å². The van der Waals surface area contributed by atoms with Gasteiger partial charge in [-0.05, 0) is 82.4 Å². The van der Waals surface area contributed by atoms with E-state index in [1.807, 2.05) is 18.9 Å². The average molecular weight is 379 g/mol. The van der Waals surface area contributed by atoms with E-state index in [4.69, 9.17) is 11.6 Å². The van der Waals surface area contributed by atoms with Crippen LogP contribution in [0.3, 0.4) is 0 Å². The molecule has 4 aliphatic carbocycles. The third-order valence-electron chi connectivity index (χ3n) is 6.94. The van der Waals surface area contributed by atoms with Gasteiger partial charge in [-0.25, -0.2) is 4.39 Å². The lowest BCUT2D eigenvalue weighted by atomic mass is 9.53. The average Bonchev–Trinajstić information content (AvgIpc) is 2.55. The standard InChI is InChI=1S/C21H28ClFN2O/c1-13(25(2)12-17-18(22)4-3-5-19(17)23)20(26)24-21-9-14-6-15(10-21)8-16(7-14)11-21/h3-5,13-16H,6-12H2,1-2H3,(H,24,26)/t13-,14?,15?,16?,21?/m1/s1. The number of rotatable bonds is 5. The van der Waals surface area contributed by atoms with Gasteiger partial charge in [0.1, 0.15) is 5.82 Å². The molecule has 0 heterocycles. The predicted octanol–water partition coefficient (Wildman–Crippen LogP) is 4.38. The van der Waals surface area contributed by atoms with Crippen LogP contribution in [-0.2, 0) is 11.3 Å². The number of nitrogens with one attached hydrogen (secondary N) is 1. The Hall–Kier alpha value is -1.13. The molecule has 26 heavy (non-hydrogen) atoms. The van der Waals surface area contributed by atoms with E-state index >= 15 is 0 Å². The topological polar surface area (TPSA) is 32.3 Å². The smallest absolute Gasteiger partial charge is 0.237 e. The van der Waals surface area contributed by atoms with Gasteiger partial charge in [0, 0.05) is 22.7 Å². The summed E-state index contributed by atoms with van der Waals surface area (Å²) in [6.45, 7) is 2.21. The first-order valence-electron chi connectivity index (χ1n) is 9.80. The van der Waals surface area contributed by atoms with Crippen LogP contribution in [0.25, 0.3) is 0 Å². The van der Waals surface area contributed by atoms with Crippen LogP contribution < -0.4 is 5.32 Å². The number of carbonyl (C=O) groups is 1. The highest BCUT2D eigenvalue weighted by Gasteiger charge is 2.51. The number of halogens is 2. The zero-order valence-electron chi connectivity index (χ0n) is 15.6. The lowest BCUT2D eigenvalue weighted by molar-refractivity contribution is -0.131. The fourth-order valence-corrected chi connectivity index (χ4v) is 6.12. The minimum atomic E-state index is -0.321. The molecule has 4 bridgehead atoms. The van der Waals surface area contributed by atoms with Crippen molar-refractivity contribution in [2.45, 2.75) is 63.6 Å². The Labute approximate surface area is 160 Å². The van der Waals surface area contributed by atoms with E-state index in [9.17, 15) is 9.18 Å². The SMILES string of the molecule is C[C@H](C(=O)NC12CC3CC(CC(C3)C1)C2)N(C)Cc1c(F)cccc1Cl. The molecule has 1 atom stereocenters. The summed E-state index contributed by atoms with van der Waals surface area (Å²) in [6, 6.07) is 4.38. The first kappa shape index (κ1) is 18.2. The number of hydrogen-bond donors (Lipinski definition) is 1. The Morgan fingerprint density at radius 1 is 1.27 bits per heavy atom. The highest BCUT2D eigenvalue weighted by molar-refractivity contribution is 6.31.